The van der Waals surface area contributed by atoms with E-state index in [9.17, 15) is 42.7 Å². The van der Waals surface area contributed by atoms with Gasteiger partial charge in [-0.25, -0.2) is 32.8 Å². The average Bonchev–Trinajstić information content (AvgIpc) is 1.58. The quantitative estimate of drug-likeness (QED) is 0.0106. The number of ether oxygens (including phenoxy) is 10. The van der Waals surface area contributed by atoms with Gasteiger partial charge in [-0.3, -0.25) is 19.2 Å². The van der Waals surface area contributed by atoms with Crippen LogP contribution in [0.15, 0.2) is 85.2 Å². The van der Waals surface area contributed by atoms with Gasteiger partial charge in [0.15, 0.2) is 17.5 Å². The molecule has 2 aromatic carbocycles. The van der Waals surface area contributed by atoms with Crippen LogP contribution < -0.4 is 25.0 Å². The Morgan fingerprint density at radius 3 is 2.12 bits per heavy atom. The Hall–Kier alpha value is -9.37. The fraction of sp³-hybridized carbons (Fsp3) is 0.460. The highest BCUT2D eigenvalue weighted by molar-refractivity contribution is 6.45. The number of rotatable bonds is 40. The number of carbonyl (C=O) groups excluding carboxylic acids is 4. The van der Waals surface area contributed by atoms with Crippen molar-refractivity contribution in [3.05, 3.63) is 125 Å². The standard InChI is InChI=1S/C63H74F3N15O15/c1-87-52-36-71-60(56-55(52)49(35-70-56)57(84)62(86)78-13-8-43(9-14-78)48(34-67)42-5-3-2-4-6-42)81-41-72-59(76-81)61(85)73-45-33-47(39-82)80(38-45)63-69-11-7-53(74-63)68-12-17-89-20-23-92-27-28-94-29-30-95-40-46-37-79(77-75-46)15-18-90-21-24-93-26-25-91-22-19-88-16-10-54(83)96-58-50(65)31-44(64)32-51(58)66/h2-7,11,31-32,35-37,41,45,47,70,82H,8-10,12-30,33,38-40H2,1H3,(H,73,85)(H,68,69,74)/t45-,47-/m0/s1. The zero-order valence-corrected chi connectivity index (χ0v) is 52.7. The number of aromatic nitrogens is 10. The number of Topliss-reactive ketones (excluding diaryl/α,β-unsaturated/α-hetero) is 1. The maximum atomic E-state index is 13.9. The normalized spacial score (nSPS) is 14.7. The molecule has 33 heteroatoms. The highest BCUT2D eigenvalue weighted by atomic mass is 19.1. The molecule has 0 saturated carbocycles. The molecular weight excluding hydrogens is 1260 g/mol. The first kappa shape index (κ1) is 70.9. The fourth-order valence-corrected chi connectivity index (χ4v) is 10.3. The highest BCUT2D eigenvalue weighted by Crippen LogP contribution is 2.33. The van der Waals surface area contributed by atoms with Crippen molar-refractivity contribution in [3.63, 3.8) is 0 Å². The first-order valence-corrected chi connectivity index (χ1v) is 31.0. The minimum atomic E-state index is -1.32. The third-order valence-corrected chi connectivity index (χ3v) is 15.0. The van der Waals surface area contributed by atoms with Crippen LogP contribution in [-0.4, -0.2) is 234 Å². The number of amides is 2. The molecule has 9 rings (SSSR count). The van der Waals surface area contributed by atoms with Crippen molar-refractivity contribution in [3.8, 4) is 23.4 Å². The number of pyridine rings is 1. The molecule has 7 heterocycles. The number of aliphatic hydroxyl groups excluding tert-OH is 1. The van der Waals surface area contributed by atoms with Gasteiger partial charge in [0, 0.05) is 56.7 Å². The van der Waals surface area contributed by atoms with Crippen LogP contribution >= 0.6 is 0 Å². The van der Waals surface area contributed by atoms with Gasteiger partial charge in [-0.05, 0) is 36.5 Å². The number of allylic oxidation sites excluding steroid dienone is 1. The second-order valence-corrected chi connectivity index (χ2v) is 21.5. The molecule has 5 aromatic heterocycles. The van der Waals surface area contributed by atoms with Crippen LogP contribution in [0.1, 0.15) is 57.9 Å². The van der Waals surface area contributed by atoms with Gasteiger partial charge < -0.3 is 77.9 Å². The Morgan fingerprint density at radius 2 is 1.46 bits per heavy atom. The fourth-order valence-electron chi connectivity index (χ4n) is 10.3. The number of hydrogen-bond donors (Lipinski definition) is 4. The molecule has 4 N–H and O–H groups in total. The molecule has 2 aliphatic heterocycles. The number of ketones is 1. The van der Waals surface area contributed by atoms with Crippen molar-refractivity contribution in [1.29, 1.82) is 5.26 Å². The minimum absolute atomic E-state index is 0.0617. The van der Waals surface area contributed by atoms with Gasteiger partial charge in [0.1, 0.15) is 29.4 Å². The summed E-state index contributed by atoms with van der Waals surface area (Å²) in [6.45, 7) is 6.49. The number of H-pyrrole nitrogens is 1. The van der Waals surface area contributed by atoms with Crippen LogP contribution in [0.4, 0.5) is 24.9 Å². The SMILES string of the molecule is COc1cnc(-n2cnc(C(=O)N[C@H]3C[C@@H](CO)N(c4nccc(NCCOCCOCCOCCOCc5cn(CCOCCOCCOCCOCCC(=O)Oc6c(F)cc(F)cc6F)nn5)n4)C3)n2)c2[nH]cc(C(=O)C(=O)N3CCC(=C(C#N)c4ccccc4)CC3)c12. The van der Waals surface area contributed by atoms with Crippen molar-refractivity contribution in [2.24, 2.45) is 0 Å². The number of benzene rings is 2. The van der Waals surface area contributed by atoms with E-state index in [1.807, 2.05) is 35.2 Å². The summed E-state index contributed by atoms with van der Waals surface area (Å²) in [5.41, 5.74) is 3.37. The van der Waals surface area contributed by atoms with E-state index in [0.717, 1.165) is 11.1 Å². The third-order valence-electron chi connectivity index (χ3n) is 15.0. The van der Waals surface area contributed by atoms with Crippen LogP contribution in [-0.2, 0) is 60.6 Å². The zero-order valence-electron chi connectivity index (χ0n) is 52.7. The molecule has 2 atom stereocenters. The van der Waals surface area contributed by atoms with E-state index in [1.54, 1.807) is 23.1 Å². The van der Waals surface area contributed by atoms with E-state index in [1.165, 1.54) is 35.4 Å². The van der Waals surface area contributed by atoms with Gasteiger partial charge in [-0.1, -0.05) is 35.5 Å². The lowest BCUT2D eigenvalue weighted by molar-refractivity contribution is -0.136. The summed E-state index contributed by atoms with van der Waals surface area (Å²) in [6.07, 6.45) is 8.53. The van der Waals surface area contributed by atoms with E-state index in [2.05, 4.69) is 61.8 Å². The lowest BCUT2D eigenvalue weighted by Crippen LogP contribution is -2.40. The van der Waals surface area contributed by atoms with Gasteiger partial charge in [0.2, 0.25) is 17.5 Å². The molecule has 0 unspecified atom stereocenters. The Labute approximate surface area is 548 Å². The number of likely N-dealkylation sites (tertiary alicyclic amines) is 1. The number of aliphatic hydroxyl groups is 1. The number of fused-ring (bicyclic) bond motifs is 1. The van der Waals surface area contributed by atoms with E-state index in [-0.39, 0.29) is 82.0 Å². The average molecular weight is 1340 g/mol. The number of methoxy groups -OCH3 is 1. The lowest BCUT2D eigenvalue weighted by Gasteiger charge is -2.28. The first-order chi connectivity index (χ1) is 46.9. The molecule has 0 aliphatic carbocycles. The van der Waals surface area contributed by atoms with Gasteiger partial charge in [-0.2, -0.15) is 14.9 Å². The molecule has 0 radical (unpaired) electrons. The number of esters is 1. The van der Waals surface area contributed by atoms with Crippen molar-refractivity contribution >= 4 is 51.8 Å². The zero-order chi connectivity index (χ0) is 67.4. The van der Waals surface area contributed by atoms with E-state index in [0.29, 0.717) is 158 Å². The molecular formula is C63H74F3N15O15. The first-order valence-electron chi connectivity index (χ1n) is 31.0. The second kappa shape index (κ2) is 37.1. The molecule has 7 aromatic rings. The molecule has 2 aliphatic rings. The third kappa shape index (κ3) is 20.3. The van der Waals surface area contributed by atoms with Crippen molar-refractivity contribution in [2.75, 3.05) is 149 Å². The number of hydrogen-bond acceptors (Lipinski definition) is 25. The molecule has 2 fully saturated rings. The summed E-state index contributed by atoms with van der Waals surface area (Å²) in [5, 5.41) is 39.4. The largest absolute Gasteiger partial charge is 0.494 e. The van der Waals surface area contributed by atoms with Crippen LogP contribution in [0.3, 0.4) is 0 Å². The van der Waals surface area contributed by atoms with E-state index in [4.69, 9.17) is 42.6 Å². The van der Waals surface area contributed by atoms with E-state index >= 15 is 0 Å². The predicted molar refractivity (Wildman–Crippen MR) is 333 cm³/mol. The Bertz CT molecular complexity index is 3730. The summed E-state index contributed by atoms with van der Waals surface area (Å²) in [7, 11) is 1.42. The topological polar surface area (TPSA) is 351 Å². The van der Waals surface area contributed by atoms with Crippen LogP contribution in [0, 0.1) is 28.8 Å². The van der Waals surface area contributed by atoms with Crippen LogP contribution in [0.2, 0.25) is 0 Å². The molecule has 2 amide bonds. The predicted octanol–water partition coefficient (Wildman–Crippen LogP) is 3.84. The maximum absolute atomic E-state index is 13.9. The monoisotopic (exact) mass is 1340 g/mol. The summed E-state index contributed by atoms with van der Waals surface area (Å²) in [4.78, 5) is 77.2. The van der Waals surface area contributed by atoms with Gasteiger partial charge in [0.25, 0.3) is 17.6 Å². The molecule has 96 heavy (non-hydrogen) atoms. The van der Waals surface area contributed by atoms with E-state index < -0.39 is 58.9 Å². The molecule has 512 valence electrons. The number of nitrogens with zero attached hydrogens (tertiary/aromatic N) is 12. The Kier molecular flexibility index (Phi) is 27.4. The van der Waals surface area contributed by atoms with Gasteiger partial charge in [-0.15, -0.1) is 10.2 Å². The van der Waals surface area contributed by atoms with Crippen molar-refractivity contribution < 1.29 is 84.8 Å². The minimum Gasteiger partial charge on any atom is -0.494 e. The molecule has 0 spiro atoms. The van der Waals surface area contributed by atoms with Crippen LogP contribution in [0.5, 0.6) is 11.5 Å². The van der Waals surface area contributed by atoms with Crippen molar-refractivity contribution in [2.45, 2.75) is 50.9 Å². The molecule has 30 nitrogen and oxygen atoms in total. The molecule has 0 bridgehead atoms. The number of piperidine rings is 1. The second-order valence-electron chi connectivity index (χ2n) is 21.5. The number of carbonyl (C=O) groups is 4. The summed E-state index contributed by atoms with van der Waals surface area (Å²) < 4.78 is 97.7. The smallest absolute Gasteiger partial charge is 0.313 e. The number of anilines is 2. The van der Waals surface area contributed by atoms with Gasteiger partial charge >= 0.3 is 5.97 Å². The Balaban J connectivity index is 0.579. The lowest BCUT2D eigenvalue weighted by atomic mass is 9.93. The summed E-state index contributed by atoms with van der Waals surface area (Å²) in [6, 6.07) is 13.4. The summed E-state index contributed by atoms with van der Waals surface area (Å²) in [5.74, 6) is -6.49. The Morgan fingerprint density at radius 1 is 0.802 bits per heavy atom. The van der Waals surface area contributed by atoms with Gasteiger partial charge in [0.05, 0.1) is 179 Å². The number of nitriles is 1. The van der Waals surface area contributed by atoms with Crippen molar-refractivity contribution in [1.82, 2.24) is 59.9 Å². The molecule has 2 saturated heterocycles. The number of aromatic amines is 1. The van der Waals surface area contributed by atoms with Crippen LogP contribution in [0.25, 0.3) is 22.3 Å². The summed E-state index contributed by atoms with van der Waals surface area (Å²) >= 11 is 0. The number of halogens is 3. The highest BCUT2D eigenvalue weighted by Gasteiger charge is 2.36. The number of nitrogens with one attached hydrogen (secondary N) is 3. The maximum Gasteiger partial charge on any atom is 0.313 e.